The summed E-state index contributed by atoms with van der Waals surface area (Å²) < 4.78 is 7.73. The lowest BCUT2D eigenvalue weighted by Gasteiger charge is -2.10. The zero-order valence-electron chi connectivity index (χ0n) is 11.5. The zero-order valence-corrected chi connectivity index (χ0v) is 13.1. The van der Waals surface area contributed by atoms with E-state index < -0.39 is 6.04 Å². The van der Waals surface area contributed by atoms with Crippen molar-refractivity contribution in [2.24, 2.45) is 0 Å². The minimum absolute atomic E-state index is 0.0623. The van der Waals surface area contributed by atoms with Gasteiger partial charge in [-0.3, -0.25) is 9.48 Å². The maximum absolute atomic E-state index is 12.1. The Balaban J connectivity index is 1.76. The number of fused-ring (bicyclic) bond motifs is 1. The number of nitrogens with one attached hydrogen (secondary N) is 2. The number of rotatable bonds is 5. The van der Waals surface area contributed by atoms with Crippen LogP contribution in [0, 0.1) is 0 Å². The maximum atomic E-state index is 12.1. The number of anilines is 2. The van der Waals surface area contributed by atoms with Crippen LogP contribution in [0.4, 0.5) is 11.4 Å². The molecule has 0 fully saturated rings. The second-order valence-electron chi connectivity index (χ2n) is 4.78. The van der Waals surface area contributed by atoms with E-state index in [1.807, 2.05) is 24.4 Å². The van der Waals surface area contributed by atoms with Crippen LogP contribution in [-0.4, -0.2) is 29.4 Å². The van der Waals surface area contributed by atoms with Crippen LogP contribution in [0.2, 0.25) is 0 Å². The van der Waals surface area contributed by atoms with Crippen LogP contribution in [0.1, 0.15) is 11.6 Å². The summed E-state index contributed by atoms with van der Waals surface area (Å²) in [6, 6.07) is 5.37. The first kappa shape index (κ1) is 14.1. The summed E-state index contributed by atoms with van der Waals surface area (Å²) in [6.45, 7) is 1.28. The molecular weight excluding hydrogens is 336 g/mol. The van der Waals surface area contributed by atoms with Gasteiger partial charge in [0.2, 0.25) is 0 Å². The van der Waals surface area contributed by atoms with E-state index in [1.54, 1.807) is 18.0 Å². The lowest BCUT2D eigenvalue weighted by atomic mass is 10.1. The van der Waals surface area contributed by atoms with Gasteiger partial charge >= 0.3 is 0 Å². The smallest absolute Gasteiger partial charge is 0.251 e. The Morgan fingerprint density at radius 3 is 3.19 bits per heavy atom. The molecule has 21 heavy (non-hydrogen) atoms. The summed E-state index contributed by atoms with van der Waals surface area (Å²) >= 11 is 3.40. The van der Waals surface area contributed by atoms with Crippen molar-refractivity contribution in [2.75, 3.05) is 24.4 Å². The zero-order chi connectivity index (χ0) is 14.8. The molecule has 0 saturated carbocycles. The average molecular weight is 351 g/mol. The maximum Gasteiger partial charge on any atom is 0.251 e. The molecule has 1 atom stereocenters. The quantitative estimate of drug-likeness (QED) is 0.868. The molecule has 0 saturated heterocycles. The number of halogens is 1. The topological polar surface area (TPSA) is 68.2 Å². The molecule has 6 nitrogen and oxygen atoms in total. The van der Waals surface area contributed by atoms with E-state index >= 15 is 0 Å². The molecule has 1 aromatic heterocycles. The van der Waals surface area contributed by atoms with Gasteiger partial charge in [0, 0.05) is 29.0 Å². The van der Waals surface area contributed by atoms with Crippen molar-refractivity contribution in [3.8, 4) is 0 Å². The number of carbonyl (C=O) groups excluding carboxylic acids is 1. The Morgan fingerprint density at radius 2 is 2.38 bits per heavy atom. The molecule has 1 aliphatic heterocycles. The number of benzene rings is 1. The Bertz CT molecular complexity index is 671. The number of hydrogen-bond acceptors (Lipinski definition) is 4. The largest absolute Gasteiger partial charge is 0.383 e. The molecule has 1 aromatic carbocycles. The summed E-state index contributed by atoms with van der Waals surface area (Å²) in [4.78, 5) is 12.1. The first-order valence-corrected chi connectivity index (χ1v) is 7.35. The van der Waals surface area contributed by atoms with Crippen molar-refractivity contribution >= 4 is 33.2 Å². The second kappa shape index (κ2) is 5.87. The van der Waals surface area contributed by atoms with Crippen LogP contribution in [0.15, 0.2) is 35.1 Å². The third-order valence-corrected chi connectivity index (χ3v) is 3.81. The van der Waals surface area contributed by atoms with Crippen LogP contribution in [0.25, 0.3) is 0 Å². The number of amides is 1. The van der Waals surface area contributed by atoms with E-state index in [0.717, 1.165) is 21.4 Å². The molecule has 3 rings (SSSR count). The number of nitrogens with zero attached hydrogens (tertiary/aromatic N) is 2. The van der Waals surface area contributed by atoms with Crippen LogP contribution in [0.5, 0.6) is 0 Å². The predicted molar refractivity (Wildman–Crippen MR) is 83.2 cm³/mol. The number of aromatic nitrogens is 2. The Kier molecular flexibility index (Phi) is 3.94. The van der Waals surface area contributed by atoms with Gasteiger partial charge in [0.25, 0.3) is 5.91 Å². The second-order valence-corrected chi connectivity index (χ2v) is 5.70. The molecule has 0 bridgehead atoms. The highest BCUT2D eigenvalue weighted by molar-refractivity contribution is 9.10. The van der Waals surface area contributed by atoms with Crippen LogP contribution in [0.3, 0.4) is 0 Å². The number of hydrogen-bond donors (Lipinski definition) is 2. The number of carbonyl (C=O) groups is 1. The van der Waals surface area contributed by atoms with Gasteiger partial charge in [-0.25, -0.2) is 0 Å². The fourth-order valence-corrected chi connectivity index (χ4v) is 2.65. The first-order chi connectivity index (χ1) is 10.2. The van der Waals surface area contributed by atoms with Gasteiger partial charge in [0.15, 0.2) is 0 Å². The summed E-state index contributed by atoms with van der Waals surface area (Å²) in [7, 11) is 1.65. The van der Waals surface area contributed by atoms with Crippen molar-refractivity contribution in [1.29, 1.82) is 0 Å². The van der Waals surface area contributed by atoms with E-state index in [9.17, 15) is 4.79 Å². The predicted octanol–water partition coefficient (Wildman–Crippen LogP) is 2.40. The highest BCUT2D eigenvalue weighted by Crippen LogP contribution is 2.34. The highest BCUT2D eigenvalue weighted by atomic mass is 79.9. The van der Waals surface area contributed by atoms with Gasteiger partial charge < -0.3 is 15.4 Å². The van der Waals surface area contributed by atoms with Crippen molar-refractivity contribution in [1.82, 2.24) is 9.78 Å². The molecule has 0 spiro atoms. The minimum atomic E-state index is -0.395. The Hall–Kier alpha value is -1.86. The van der Waals surface area contributed by atoms with Gasteiger partial charge in [-0.05, 0) is 12.1 Å². The molecule has 7 heteroatoms. The molecule has 2 aromatic rings. The lowest BCUT2D eigenvalue weighted by molar-refractivity contribution is -0.116. The molecule has 110 valence electrons. The van der Waals surface area contributed by atoms with Gasteiger partial charge in [-0.15, -0.1) is 0 Å². The van der Waals surface area contributed by atoms with Crippen molar-refractivity contribution in [3.05, 3.63) is 40.6 Å². The summed E-state index contributed by atoms with van der Waals surface area (Å²) in [5, 5.41) is 10.3. The molecule has 2 N–H and O–H groups in total. The average Bonchev–Trinajstić information content (AvgIpc) is 3.02. The van der Waals surface area contributed by atoms with Crippen molar-refractivity contribution in [2.45, 2.75) is 12.6 Å². The monoisotopic (exact) mass is 350 g/mol. The van der Waals surface area contributed by atoms with E-state index in [4.69, 9.17) is 4.74 Å². The van der Waals surface area contributed by atoms with E-state index in [-0.39, 0.29) is 5.91 Å². The summed E-state index contributed by atoms with van der Waals surface area (Å²) in [6.07, 6.45) is 3.57. The van der Waals surface area contributed by atoms with Gasteiger partial charge in [-0.1, -0.05) is 22.0 Å². The molecule has 0 radical (unpaired) electrons. The number of methoxy groups -OCH3 is 1. The van der Waals surface area contributed by atoms with E-state index in [0.29, 0.717) is 13.2 Å². The highest BCUT2D eigenvalue weighted by Gasteiger charge is 2.30. The van der Waals surface area contributed by atoms with Gasteiger partial charge in [0.1, 0.15) is 6.04 Å². The van der Waals surface area contributed by atoms with Crippen LogP contribution < -0.4 is 10.6 Å². The number of ether oxygens (including phenoxy) is 1. The molecule has 1 unspecified atom stereocenters. The van der Waals surface area contributed by atoms with Crippen LogP contribution in [-0.2, 0) is 16.1 Å². The molecule has 0 aliphatic carbocycles. The third kappa shape index (κ3) is 2.93. The minimum Gasteiger partial charge on any atom is -0.383 e. The third-order valence-electron chi connectivity index (χ3n) is 3.32. The molecule has 1 amide bonds. The van der Waals surface area contributed by atoms with E-state index in [1.165, 1.54) is 0 Å². The van der Waals surface area contributed by atoms with Crippen molar-refractivity contribution < 1.29 is 9.53 Å². The Morgan fingerprint density at radius 1 is 1.52 bits per heavy atom. The fraction of sp³-hybridized carbons (Fsp3) is 0.286. The first-order valence-electron chi connectivity index (χ1n) is 6.55. The standard InChI is InChI=1S/C14H15BrN4O2/c1-21-5-4-19-8-10(7-16-19)17-13-11-3-2-9(15)6-12(11)18-14(13)20/h2-3,6-8,13,17H,4-5H2,1H3,(H,18,20). The van der Waals surface area contributed by atoms with Crippen molar-refractivity contribution in [3.63, 3.8) is 0 Å². The SMILES string of the molecule is COCCn1cc(NC2C(=O)Nc3cc(Br)ccc32)cn1. The molecule has 2 heterocycles. The lowest BCUT2D eigenvalue weighted by Crippen LogP contribution is -2.19. The van der Waals surface area contributed by atoms with E-state index in [2.05, 4.69) is 31.7 Å². The Labute approximate surface area is 130 Å². The van der Waals surface area contributed by atoms with Gasteiger partial charge in [-0.2, -0.15) is 5.10 Å². The van der Waals surface area contributed by atoms with Crippen LogP contribution >= 0.6 is 15.9 Å². The summed E-state index contributed by atoms with van der Waals surface area (Å²) in [5.41, 5.74) is 2.58. The summed E-state index contributed by atoms with van der Waals surface area (Å²) in [5.74, 6) is -0.0623. The molecular formula is C14H15BrN4O2. The fourth-order valence-electron chi connectivity index (χ4n) is 2.29. The molecule has 1 aliphatic rings. The normalized spacial score (nSPS) is 16.7. The van der Waals surface area contributed by atoms with Gasteiger partial charge in [0.05, 0.1) is 25.0 Å².